The molecule has 0 radical (unpaired) electrons. The van der Waals surface area contributed by atoms with Crippen molar-refractivity contribution in [1.82, 2.24) is 9.88 Å². The highest BCUT2D eigenvalue weighted by molar-refractivity contribution is 5.94. The van der Waals surface area contributed by atoms with Crippen LogP contribution in [-0.2, 0) is 6.42 Å². The molecule has 21 heavy (non-hydrogen) atoms. The zero-order valence-corrected chi connectivity index (χ0v) is 12.9. The van der Waals surface area contributed by atoms with Crippen LogP contribution in [-0.4, -0.2) is 28.9 Å². The number of likely N-dealkylation sites (N-methyl/N-ethyl adjacent to an activating group) is 1. The number of benzene rings is 1. The van der Waals surface area contributed by atoms with Gasteiger partial charge in [0.05, 0.1) is 0 Å². The molecule has 2 aromatic rings. The minimum Gasteiger partial charge on any atom is -0.338 e. The van der Waals surface area contributed by atoms with Crippen molar-refractivity contribution < 1.29 is 4.79 Å². The fraction of sp³-hybridized carbons (Fsp3) is 0.333. The van der Waals surface area contributed by atoms with Crippen molar-refractivity contribution in [2.75, 3.05) is 7.05 Å². The van der Waals surface area contributed by atoms with Gasteiger partial charge in [0, 0.05) is 31.0 Å². The fourth-order valence-corrected chi connectivity index (χ4v) is 2.42. The smallest absolute Gasteiger partial charge is 0.253 e. The Balaban J connectivity index is 2.09. The van der Waals surface area contributed by atoms with E-state index in [4.69, 9.17) is 0 Å². The Kier molecular flexibility index (Phi) is 5.09. The molecule has 1 aromatic heterocycles. The molecule has 1 amide bonds. The predicted octanol–water partition coefficient (Wildman–Crippen LogP) is 3.48. The van der Waals surface area contributed by atoms with Gasteiger partial charge in [0.2, 0.25) is 0 Å². The maximum absolute atomic E-state index is 12.5. The van der Waals surface area contributed by atoms with E-state index in [0.29, 0.717) is 5.56 Å². The van der Waals surface area contributed by atoms with Gasteiger partial charge in [0.25, 0.3) is 5.91 Å². The summed E-state index contributed by atoms with van der Waals surface area (Å²) in [6.07, 6.45) is 5.12. The number of rotatable bonds is 5. The highest BCUT2D eigenvalue weighted by atomic mass is 16.2. The van der Waals surface area contributed by atoms with Gasteiger partial charge in [-0.1, -0.05) is 36.8 Å². The molecule has 0 aliphatic rings. The van der Waals surface area contributed by atoms with Crippen molar-refractivity contribution in [3.05, 3.63) is 65.5 Å². The highest BCUT2D eigenvalue weighted by Gasteiger charge is 2.19. The van der Waals surface area contributed by atoms with Gasteiger partial charge in [-0.2, -0.15) is 0 Å². The molecule has 3 nitrogen and oxygen atoms in total. The van der Waals surface area contributed by atoms with E-state index in [-0.39, 0.29) is 11.9 Å². The van der Waals surface area contributed by atoms with Gasteiger partial charge in [0.15, 0.2) is 0 Å². The number of carbonyl (C=O) groups excluding carboxylic acids is 1. The van der Waals surface area contributed by atoms with Crippen LogP contribution < -0.4 is 0 Å². The van der Waals surface area contributed by atoms with Crippen molar-refractivity contribution in [2.45, 2.75) is 32.7 Å². The maximum atomic E-state index is 12.5. The number of nitrogens with zero attached hydrogens (tertiary/aromatic N) is 2. The van der Waals surface area contributed by atoms with Crippen LogP contribution in [0, 0.1) is 6.92 Å². The molecule has 0 unspecified atom stereocenters. The van der Waals surface area contributed by atoms with E-state index in [1.807, 2.05) is 11.9 Å². The number of aromatic nitrogens is 1. The van der Waals surface area contributed by atoms with E-state index in [1.165, 1.54) is 11.1 Å². The first-order valence-corrected chi connectivity index (χ1v) is 7.34. The molecule has 0 spiro atoms. The summed E-state index contributed by atoms with van der Waals surface area (Å²) in [5.41, 5.74) is 3.21. The Morgan fingerprint density at radius 1 is 1.14 bits per heavy atom. The monoisotopic (exact) mass is 282 g/mol. The van der Waals surface area contributed by atoms with E-state index in [1.54, 1.807) is 24.5 Å². The molecule has 0 N–H and O–H groups in total. The summed E-state index contributed by atoms with van der Waals surface area (Å²) in [4.78, 5) is 18.3. The van der Waals surface area contributed by atoms with Crippen molar-refractivity contribution >= 4 is 5.91 Å². The second-order valence-electron chi connectivity index (χ2n) is 5.40. The number of pyridine rings is 1. The largest absolute Gasteiger partial charge is 0.338 e. The van der Waals surface area contributed by atoms with Crippen molar-refractivity contribution in [2.24, 2.45) is 0 Å². The molecule has 0 fully saturated rings. The molecule has 1 heterocycles. The molecule has 0 saturated heterocycles. The molecule has 2 rings (SSSR count). The number of hydrogen-bond donors (Lipinski definition) is 0. The third kappa shape index (κ3) is 3.91. The number of amides is 1. The minimum absolute atomic E-state index is 0.0522. The van der Waals surface area contributed by atoms with Crippen molar-refractivity contribution in [3.63, 3.8) is 0 Å². The van der Waals surface area contributed by atoms with Crippen LogP contribution in [0.15, 0.2) is 48.8 Å². The average Bonchev–Trinajstić information content (AvgIpc) is 2.54. The van der Waals surface area contributed by atoms with E-state index in [2.05, 4.69) is 43.1 Å². The summed E-state index contributed by atoms with van der Waals surface area (Å²) >= 11 is 0. The molecule has 1 atom stereocenters. The van der Waals surface area contributed by atoms with Crippen LogP contribution in [0.5, 0.6) is 0 Å². The second kappa shape index (κ2) is 7.02. The normalized spacial score (nSPS) is 12.0. The Morgan fingerprint density at radius 2 is 1.76 bits per heavy atom. The van der Waals surface area contributed by atoms with Gasteiger partial charge in [-0.3, -0.25) is 9.78 Å². The van der Waals surface area contributed by atoms with Crippen LogP contribution >= 0.6 is 0 Å². The topological polar surface area (TPSA) is 33.2 Å². The lowest BCUT2D eigenvalue weighted by Crippen LogP contribution is -2.38. The zero-order valence-electron chi connectivity index (χ0n) is 12.9. The van der Waals surface area contributed by atoms with Crippen LogP contribution in [0.4, 0.5) is 0 Å². The number of carbonyl (C=O) groups is 1. The van der Waals surface area contributed by atoms with Gasteiger partial charge in [-0.05, 0) is 37.5 Å². The van der Waals surface area contributed by atoms with Gasteiger partial charge in [0.1, 0.15) is 0 Å². The molecular weight excluding hydrogens is 260 g/mol. The van der Waals surface area contributed by atoms with Crippen molar-refractivity contribution in [3.8, 4) is 0 Å². The minimum atomic E-state index is 0.0522. The SMILES string of the molecule is CC[C@H](Cc1ccc(C)cc1)N(C)C(=O)c1ccncc1. The molecule has 110 valence electrons. The first-order valence-electron chi connectivity index (χ1n) is 7.34. The van der Waals surface area contributed by atoms with E-state index in [9.17, 15) is 4.79 Å². The lowest BCUT2D eigenvalue weighted by Gasteiger charge is -2.27. The molecular formula is C18H22N2O. The fourth-order valence-electron chi connectivity index (χ4n) is 2.42. The lowest BCUT2D eigenvalue weighted by molar-refractivity contribution is 0.0727. The summed E-state index contributed by atoms with van der Waals surface area (Å²) < 4.78 is 0. The summed E-state index contributed by atoms with van der Waals surface area (Å²) in [5, 5.41) is 0. The Morgan fingerprint density at radius 3 is 2.33 bits per heavy atom. The third-order valence-electron chi connectivity index (χ3n) is 3.86. The number of hydrogen-bond acceptors (Lipinski definition) is 2. The summed E-state index contributed by atoms with van der Waals surface area (Å²) in [6.45, 7) is 4.20. The maximum Gasteiger partial charge on any atom is 0.253 e. The summed E-state index contributed by atoms with van der Waals surface area (Å²) in [5.74, 6) is 0.0522. The first-order chi connectivity index (χ1) is 10.1. The van der Waals surface area contributed by atoms with E-state index < -0.39 is 0 Å². The standard InChI is InChI=1S/C18H22N2O/c1-4-17(13-15-7-5-14(2)6-8-15)20(3)18(21)16-9-11-19-12-10-16/h5-12,17H,4,13H2,1-3H3/t17-/m1/s1. The average molecular weight is 282 g/mol. The van der Waals surface area contributed by atoms with E-state index >= 15 is 0 Å². The van der Waals surface area contributed by atoms with Gasteiger partial charge >= 0.3 is 0 Å². The van der Waals surface area contributed by atoms with Gasteiger partial charge in [-0.15, -0.1) is 0 Å². The molecule has 0 aliphatic heterocycles. The Hall–Kier alpha value is -2.16. The van der Waals surface area contributed by atoms with Gasteiger partial charge in [-0.25, -0.2) is 0 Å². The molecule has 0 bridgehead atoms. The summed E-state index contributed by atoms with van der Waals surface area (Å²) in [7, 11) is 1.88. The Bertz CT molecular complexity index is 578. The quantitative estimate of drug-likeness (QED) is 0.841. The van der Waals surface area contributed by atoms with Crippen LogP contribution in [0.25, 0.3) is 0 Å². The van der Waals surface area contributed by atoms with Crippen molar-refractivity contribution in [1.29, 1.82) is 0 Å². The van der Waals surface area contributed by atoms with Crippen LogP contribution in [0.2, 0.25) is 0 Å². The predicted molar refractivity (Wildman–Crippen MR) is 85.3 cm³/mol. The molecule has 0 aliphatic carbocycles. The van der Waals surface area contributed by atoms with Gasteiger partial charge < -0.3 is 4.90 Å². The lowest BCUT2D eigenvalue weighted by atomic mass is 10.0. The first kappa shape index (κ1) is 15.2. The summed E-state index contributed by atoms with van der Waals surface area (Å²) in [6, 6.07) is 12.2. The molecule has 3 heteroatoms. The van der Waals surface area contributed by atoms with Crippen LogP contribution in [0.1, 0.15) is 34.8 Å². The second-order valence-corrected chi connectivity index (χ2v) is 5.40. The molecule has 1 aromatic carbocycles. The number of aryl methyl sites for hydroxylation is 1. The zero-order chi connectivity index (χ0) is 15.2. The Labute approximate surface area is 126 Å². The highest BCUT2D eigenvalue weighted by Crippen LogP contribution is 2.14. The molecule has 0 saturated carbocycles. The van der Waals surface area contributed by atoms with E-state index in [0.717, 1.165) is 12.8 Å². The van der Waals surface area contributed by atoms with Crippen LogP contribution in [0.3, 0.4) is 0 Å². The third-order valence-corrected chi connectivity index (χ3v) is 3.86.